The van der Waals surface area contributed by atoms with Crippen LogP contribution in [0.1, 0.15) is 10.4 Å². The quantitative estimate of drug-likeness (QED) is 0.812. The standard InChI is InChI=1S/C16H19ClN2OS/c1-18(10-13-6-3-4-8-15(13)17)12-16(20)19(2)11-14-7-5-9-21-14/h3-9H,10-12H2,1-2H3. The SMILES string of the molecule is CN(CC(=O)N(C)Cc1cccs1)Cc1ccccc1Cl. The highest BCUT2D eigenvalue weighted by molar-refractivity contribution is 7.09. The molecule has 0 fully saturated rings. The van der Waals surface area contributed by atoms with Gasteiger partial charge in [-0.05, 0) is 30.1 Å². The van der Waals surface area contributed by atoms with Crippen LogP contribution in [0.15, 0.2) is 41.8 Å². The summed E-state index contributed by atoms with van der Waals surface area (Å²) in [6.07, 6.45) is 0. The molecule has 5 heteroatoms. The van der Waals surface area contributed by atoms with Gasteiger partial charge in [-0.3, -0.25) is 9.69 Å². The normalized spacial score (nSPS) is 10.9. The Morgan fingerprint density at radius 3 is 2.57 bits per heavy atom. The van der Waals surface area contributed by atoms with Crippen molar-refractivity contribution in [3.63, 3.8) is 0 Å². The lowest BCUT2D eigenvalue weighted by atomic mass is 10.2. The zero-order chi connectivity index (χ0) is 15.2. The van der Waals surface area contributed by atoms with Gasteiger partial charge in [0.25, 0.3) is 0 Å². The second-order valence-electron chi connectivity index (χ2n) is 5.09. The van der Waals surface area contributed by atoms with Crippen LogP contribution in [0.3, 0.4) is 0 Å². The molecule has 0 aliphatic heterocycles. The Balaban J connectivity index is 1.85. The van der Waals surface area contributed by atoms with Crippen molar-refractivity contribution in [3.8, 4) is 0 Å². The van der Waals surface area contributed by atoms with Crippen molar-refractivity contribution in [2.45, 2.75) is 13.1 Å². The maximum atomic E-state index is 12.2. The first-order chi connectivity index (χ1) is 10.1. The number of carbonyl (C=O) groups excluding carboxylic acids is 1. The lowest BCUT2D eigenvalue weighted by molar-refractivity contribution is -0.131. The summed E-state index contributed by atoms with van der Waals surface area (Å²) in [7, 11) is 3.77. The van der Waals surface area contributed by atoms with Crippen LogP contribution in [0, 0.1) is 0 Å². The Hall–Kier alpha value is -1.36. The van der Waals surface area contributed by atoms with Crippen LogP contribution in [0.4, 0.5) is 0 Å². The van der Waals surface area contributed by atoms with Crippen molar-refractivity contribution in [2.24, 2.45) is 0 Å². The molecule has 1 aromatic heterocycles. The fourth-order valence-corrected chi connectivity index (χ4v) is 3.00. The van der Waals surface area contributed by atoms with E-state index in [1.54, 1.807) is 16.2 Å². The summed E-state index contributed by atoms with van der Waals surface area (Å²) in [5.74, 6) is 0.109. The van der Waals surface area contributed by atoms with Crippen LogP contribution >= 0.6 is 22.9 Å². The van der Waals surface area contributed by atoms with Crippen LogP contribution in [0.25, 0.3) is 0 Å². The van der Waals surface area contributed by atoms with Crippen molar-refractivity contribution in [1.82, 2.24) is 9.80 Å². The van der Waals surface area contributed by atoms with Crippen LogP contribution in [0.2, 0.25) is 5.02 Å². The van der Waals surface area contributed by atoms with Crippen molar-refractivity contribution in [1.29, 1.82) is 0 Å². The smallest absolute Gasteiger partial charge is 0.236 e. The van der Waals surface area contributed by atoms with Crippen molar-refractivity contribution in [2.75, 3.05) is 20.6 Å². The Bertz CT molecular complexity index is 586. The zero-order valence-corrected chi connectivity index (χ0v) is 13.8. The molecule has 0 radical (unpaired) electrons. The minimum atomic E-state index is 0.109. The minimum absolute atomic E-state index is 0.109. The van der Waals surface area contributed by atoms with E-state index >= 15 is 0 Å². The third-order valence-electron chi connectivity index (χ3n) is 3.20. The maximum absolute atomic E-state index is 12.2. The molecule has 1 aromatic carbocycles. The van der Waals surface area contributed by atoms with Crippen LogP contribution in [-0.2, 0) is 17.9 Å². The number of benzene rings is 1. The van der Waals surface area contributed by atoms with E-state index in [1.165, 1.54) is 4.88 Å². The average Bonchev–Trinajstić information content (AvgIpc) is 2.94. The van der Waals surface area contributed by atoms with Crippen molar-refractivity contribution in [3.05, 3.63) is 57.2 Å². The summed E-state index contributed by atoms with van der Waals surface area (Å²) in [6.45, 7) is 1.71. The van der Waals surface area contributed by atoms with Crippen LogP contribution < -0.4 is 0 Å². The van der Waals surface area contributed by atoms with Gasteiger partial charge in [0.2, 0.25) is 5.91 Å². The lowest BCUT2D eigenvalue weighted by Crippen LogP contribution is -2.35. The predicted molar refractivity (Wildman–Crippen MR) is 88.6 cm³/mol. The molecule has 2 rings (SSSR count). The first-order valence-corrected chi connectivity index (χ1v) is 8.00. The molecular formula is C16H19ClN2OS. The van der Waals surface area contributed by atoms with Crippen LogP contribution in [-0.4, -0.2) is 36.3 Å². The number of nitrogens with zero attached hydrogens (tertiary/aromatic N) is 2. The van der Waals surface area contributed by atoms with Gasteiger partial charge in [0.05, 0.1) is 13.1 Å². The Kier molecular flexibility index (Phi) is 5.79. The van der Waals surface area contributed by atoms with Gasteiger partial charge < -0.3 is 4.90 Å². The summed E-state index contributed by atoms with van der Waals surface area (Å²) in [5, 5.41) is 2.76. The van der Waals surface area contributed by atoms with Gasteiger partial charge >= 0.3 is 0 Å². The molecule has 1 amide bonds. The number of thiophene rings is 1. The molecule has 0 spiro atoms. The molecule has 2 aromatic rings. The monoisotopic (exact) mass is 322 g/mol. The predicted octanol–water partition coefficient (Wildman–Crippen LogP) is 3.49. The van der Waals surface area contributed by atoms with E-state index in [-0.39, 0.29) is 5.91 Å². The highest BCUT2D eigenvalue weighted by Crippen LogP contribution is 2.16. The topological polar surface area (TPSA) is 23.6 Å². The molecule has 3 nitrogen and oxygen atoms in total. The van der Waals surface area contributed by atoms with Gasteiger partial charge in [-0.2, -0.15) is 0 Å². The van der Waals surface area contributed by atoms with Gasteiger partial charge in [-0.25, -0.2) is 0 Å². The van der Waals surface area contributed by atoms with E-state index in [4.69, 9.17) is 11.6 Å². The molecule has 0 N–H and O–H groups in total. The number of halogens is 1. The Morgan fingerprint density at radius 1 is 1.14 bits per heavy atom. The van der Waals surface area contributed by atoms with E-state index in [2.05, 4.69) is 0 Å². The number of carbonyl (C=O) groups is 1. The molecule has 112 valence electrons. The summed E-state index contributed by atoms with van der Waals surface area (Å²) in [6, 6.07) is 11.8. The van der Waals surface area contributed by atoms with Gasteiger partial charge in [-0.15, -0.1) is 11.3 Å². The fourth-order valence-electron chi connectivity index (χ4n) is 2.05. The maximum Gasteiger partial charge on any atom is 0.236 e. The van der Waals surface area contributed by atoms with Crippen molar-refractivity contribution >= 4 is 28.8 Å². The molecule has 0 aliphatic rings. The second-order valence-corrected chi connectivity index (χ2v) is 6.53. The lowest BCUT2D eigenvalue weighted by Gasteiger charge is -2.22. The van der Waals surface area contributed by atoms with E-state index in [0.717, 1.165) is 10.6 Å². The summed E-state index contributed by atoms with van der Waals surface area (Å²) >= 11 is 7.81. The van der Waals surface area contributed by atoms with E-state index in [1.807, 2.05) is 60.8 Å². The van der Waals surface area contributed by atoms with Gasteiger partial charge in [0.15, 0.2) is 0 Å². The Morgan fingerprint density at radius 2 is 1.90 bits per heavy atom. The number of rotatable bonds is 6. The minimum Gasteiger partial charge on any atom is -0.340 e. The first kappa shape index (κ1) is 16.0. The van der Waals surface area contributed by atoms with Gasteiger partial charge in [0, 0.05) is 23.5 Å². The molecular weight excluding hydrogens is 304 g/mol. The molecule has 0 saturated carbocycles. The average molecular weight is 323 g/mol. The van der Waals surface area contributed by atoms with E-state index < -0.39 is 0 Å². The van der Waals surface area contributed by atoms with Gasteiger partial charge in [0.1, 0.15) is 0 Å². The number of hydrogen-bond acceptors (Lipinski definition) is 3. The molecule has 0 atom stereocenters. The number of amides is 1. The highest BCUT2D eigenvalue weighted by Gasteiger charge is 2.13. The molecule has 0 saturated heterocycles. The fraction of sp³-hybridized carbons (Fsp3) is 0.312. The molecule has 0 bridgehead atoms. The molecule has 1 heterocycles. The largest absolute Gasteiger partial charge is 0.340 e. The third kappa shape index (κ3) is 4.84. The van der Waals surface area contributed by atoms with Gasteiger partial charge in [-0.1, -0.05) is 35.9 Å². The molecule has 0 unspecified atom stereocenters. The first-order valence-electron chi connectivity index (χ1n) is 6.74. The Labute approximate surface area is 134 Å². The second kappa shape index (κ2) is 7.59. The third-order valence-corrected chi connectivity index (χ3v) is 4.43. The van der Waals surface area contributed by atoms with Crippen LogP contribution in [0.5, 0.6) is 0 Å². The number of hydrogen-bond donors (Lipinski definition) is 0. The highest BCUT2D eigenvalue weighted by atomic mass is 35.5. The summed E-state index contributed by atoms with van der Waals surface area (Å²) in [4.78, 5) is 17.1. The number of likely N-dealkylation sites (N-methyl/N-ethyl adjacent to an activating group) is 2. The summed E-state index contributed by atoms with van der Waals surface area (Å²) < 4.78 is 0. The van der Waals surface area contributed by atoms with E-state index in [0.29, 0.717) is 19.6 Å². The molecule has 0 aliphatic carbocycles. The summed E-state index contributed by atoms with van der Waals surface area (Å²) in [5.41, 5.74) is 1.04. The zero-order valence-electron chi connectivity index (χ0n) is 12.3. The molecule has 21 heavy (non-hydrogen) atoms. The van der Waals surface area contributed by atoms with Crippen molar-refractivity contribution < 1.29 is 4.79 Å². The van der Waals surface area contributed by atoms with E-state index in [9.17, 15) is 4.79 Å².